The second-order valence-electron chi connectivity index (χ2n) is 5.21. The Morgan fingerprint density at radius 3 is 2.82 bits per heavy atom. The Morgan fingerprint density at radius 1 is 1.29 bits per heavy atom. The highest BCUT2D eigenvalue weighted by Gasteiger charge is 2.19. The van der Waals surface area contributed by atoms with Gasteiger partial charge in [-0.3, -0.25) is 4.79 Å². The van der Waals surface area contributed by atoms with Crippen LogP contribution in [0.3, 0.4) is 0 Å². The number of para-hydroxylation sites is 1. The van der Waals surface area contributed by atoms with Crippen LogP contribution in [0.5, 0.6) is 0 Å². The molecule has 2 rings (SSSR count). The molecule has 0 amide bonds. The average molecular weight is 231 g/mol. The summed E-state index contributed by atoms with van der Waals surface area (Å²) >= 11 is 0. The Labute approximate surface area is 104 Å². The van der Waals surface area contributed by atoms with Crippen molar-refractivity contribution in [3.63, 3.8) is 0 Å². The highest BCUT2D eigenvalue weighted by molar-refractivity contribution is 6.01. The van der Waals surface area contributed by atoms with Crippen molar-refractivity contribution in [3.8, 4) is 0 Å². The van der Waals surface area contributed by atoms with Crippen molar-refractivity contribution in [2.45, 2.75) is 33.1 Å². The van der Waals surface area contributed by atoms with Crippen molar-refractivity contribution in [1.82, 2.24) is 0 Å². The van der Waals surface area contributed by atoms with E-state index in [-0.39, 0.29) is 0 Å². The van der Waals surface area contributed by atoms with Crippen LogP contribution in [0.25, 0.3) is 0 Å². The van der Waals surface area contributed by atoms with Crippen LogP contribution < -0.4 is 4.90 Å². The summed E-state index contributed by atoms with van der Waals surface area (Å²) in [4.78, 5) is 14.3. The lowest BCUT2D eigenvalue weighted by atomic mass is 10.1. The first-order chi connectivity index (χ1) is 8.18. The molecule has 0 N–H and O–H groups in total. The molecule has 0 aliphatic carbocycles. The largest absolute Gasteiger partial charge is 0.371 e. The quantitative estimate of drug-likeness (QED) is 0.793. The summed E-state index contributed by atoms with van der Waals surface area (Å²) in [5.74, 6) is 1.01. The molecule has 0 saturated heterocycles. The van der Waals surface area contributed by atoms with Crippen LogP contribution in [-0.4, -0.2) is 18.9 Å². The van der Waals surface area contributed by atoms with Crippen molar-refractivity contribution in [2.24, 2.45) is 5.92 Å². The fourth-order valence-corrected chi connectivity index (χ4v) is 2.32. The Balaban J connectivity index is 2.22. The van der Waals surface area contributed by atoms with Gasteiger partial charge in [-0.25, -0.2) is 0 Å². The van der Waals surface area contributed by atoms with Crippen LogP contribution >= 0.6 is 0 Å². The van der Waals surface area contributed by atoms with Gasteiger partial charge in [-0.15, -0.1) is 0 Å². The predicted molar refractivity (Wildman–Crippen MR) is 71.7 cm³/mol. The van der Waals surface area contributed by atoms with Crippen molar-refractivity contribution < 1.29 is 4.79 Å². The van der Waals surface area contributed by atoms with E-state index >= 15 is 0 Å². The molecule has 1 aliphatic heterocycles. The number of nitrogens with zero attached hydrogens (tertiary/aromatic N) is 1. The number of benzene rings is 1. The molecule has 0 unspecified atom stereocenters. The van der Waals surface area contributed by atoms with Gasteiger partial charge < -0.3 is 4.90 Å². The number of rotatable bonds is 3. The zero-order chi connectivity index (χ0) is 12.3. The van der Waals surface area contributed by atoms with E-state index in [1.165, 1.54) is 6.42 Å². The third kappa shape index (κ3) is 2.87. The van der Waals surface area contributed by atoms with Gasteiger partial charge in [0.25, 0.3) is 0 Å². The van der Waals surface area contributed by atoms with Crippen molar-refractivity contribution in [3.05, 3.63) is 29.8 Å². The minimum Gasteiger partial charge on any atom is -0.371 e. The van der Waals surface area contributed by atoms with Gasteiger partial charge in [-0.2, -0.15) is 0 Å². The molecular weight excluding hydrogens is 210 g/mol. The lowest BCUT2D eigenvalue weighted by molar-refractivity contribution is 0.0984. The van der Waals surface area contributed by atoms with E-state index in [0.29, 0.717) is 18.1 Å². The Hall–Kier alpha value is -1.31. The number of carbonyl (C=O) groups excluding carboxylic acids is 1. The maximum Gasteiger partial charge on any atom is 0.165 e. The van der Waals surface area contributed by atoms with Gasteiger partial charge >= 0.3 is 0 Å². The van der Waals surface area contributed by atoms with E-state index in [4.69, 9.17) is 0 Å². The van der Waals surface area contributed by atoms with E-state index in [9.17, 15) is 4.79 Å². The predicted octanol–water partition coefficient (Wildman–Crippen LogP) is 3.52. The molecule has 0 spiro atoms. The molecule has 0 bridgehead atoms. The number of Topliss-reactive ketones (excluding diaryl/α,β-unsaturated/α-hetero) is 1. The van der Waals surface area contributed by atoms with Gasteiger partial charge in [-0.1, -0.05) is 26.0 Å². The van der Waals surface area contributed by atoms with E-state index in [1.807, 2.05) is 18.2 Å². The monoisotopic (exact) mass is 231 g/mol. The first kappa shape index (κ1) is 12.2. The first-order valence-corrected chi connectivity index (χ1v) is 6.55. The minimum absolute atomic E-state index is 0.299. The number of hydrogen-bond donors (Lipinski definition) is 0. The van der Waals surface area contributed by atoms with E-state index in [2.05, 4.69) is 24.8 Å². The molecule has 17 heavy (non-hydrogen) atoms. The summed E-state index contributed by atoms with van der Waals surface area (Å²) in [5.41, 5.74) is 2.05. The molecule has 0 atom stereocenters. The first-order valence-electron chi connectivity index (χ1n) is 6.55. The summed E-state index contributed by atoms with van der Waals surface area (Å²) in [6.45, 7) is 6.56. The fraction of sp³-hybridized carbons (Fsp3) is 0.533. The van der Waals surface area contributed by atoms with Gasteiger partial charge in [0, 0.05) is 30.8 Å². The summed E-state index contributed by atoms with van der Waals surface area (Å²) in [5, 5.41) is 0. The van der Waals surface area contributed by atoms with Crippen LogP contribution in [0.4, 0.5) is 5.69 Å². The smallest absolute Gasteiger partial charge is 0.165 e. The van der Waals surface area contributed by atoms with Crippen LogP contribution in [0.2, 0.25) is 0 Å². The van der Waals surface area contributed by atoms with Gasteiger partial charge in [0.05, 0.1) is 0 Å². The zero-order valence-corrected chi connectivity index (χ0v) is 10.8. The second-order valence-corrected chi connectivity index (χ2v) is 5.21. The van der Waals surface area contributed by atoms with Gasteiger partial charge in [0.2, 0.25) is 0 Å². The van der Waals surface area contributed by atoms with Crippen molar-refractivity contribution >= 4 is 11.5 Å². The number of hydrogen-bond acceptors (Lipinski definition) is 2. The maximum atomic E-state index is 12.0. The number of ketones is 1. The third-order valence-electron chi connectivity index (χ3n) is 3.35. The second kappa shape index (κ2) is 5.35. The van der Waals surface area contributed by atoms with E-state index in [1.54, 1.807) is 0 Å². The SMILES string of the molecule is CC(C)CCN1CCCC(=O)c2ccccc21. The van der Waals surface area contributed by atoms with Gasteiger partial charge in [0.1, 0.15) is 0 Å². The molecule has 92 valence electrons. The zero-order valence-electron chi connectivity index (χ0n) is 10.8. The van der Waals surface area contributed by atoms with Gasteiger partial charge in [-0.05, 0) is 30.9 Å². The Kier molecular flexibility index (Phi) is 3.82. The summed E-state index contributed by atoms with van der Waals surface area (Å²) in [6.07, 6.45) is 2.85. The minimum atomic E-state index is 0.299. The molecule has 2 heteroatoms. The summed E-state index contributed by atoms with van der Waals surface area (Å²) in [6, 6.07) is 8.03. The van der Waals surface area contributed by atoms with E-state index in [0.717, 1.165) is 30.8 Å². The molecule has 0 saturated carbocycles. The Morgan fingerprint density at radius 2 is 2.06 bits per heavy atom. The van der Waals surface area contributed by atoms with E-state index < -0.39 is 0 Å². The van der Waals surface area contributed by atoms with Gasteiger partial charge in [0.15, 0.2) is 5.78 Å². The molecule has 2 nitrogen and oxygen atoms in total. The normalized spacial score (nSPS) is 15.9. The van der Waals surface area contributed by atoms with Crippen LogP contribution in [0.1, 0.15) is 43.5 Å². The molecule has 1 aromatic carbocycles. The summed E-state index contributed by atoms with van der Waals surface area (Å²) in [7, 11) is 0. The molecule has 1 aliphatic rings. The number of carbonyl (C=O) groups is 1. The van der Waals surface area contributed by atoms with Crippen LogP contribution in [-0.2, 0) is 0 Å². The lowest BCUT2D eigenvalue weighted by Gasteiger charge is -2.25. The number of fused-ring (bicyclic) bond motifs is 1. The maximum absolute atomic E-state index is 12.0. The van der Waals surface area contributed by atoms with Crippen LogP contribution in [0.15, 0.2) is 24.3 Å². The molecule has 1 heterocycles. The average Bonchev–Trinajstić information content (AvgIpc) is 2.47. The molecule has 1 aromatic rings. The molecule has 0 aromatic heterocycles. The lowest BCUT2D eigenvalue weighted by Crippen LogP contribution is -2.26. The molecular formula is C15H21NO. The fourth-order valence-electron chi connectivity index (χ4n) is 2.32. The topological polar surface area (TPSA) is 20.3 Å². The Bertz CT molecular complexity index is 398. The highest BCUT2D eigenvalue weighted by atomic mass is 16.1. The molecule has 0 fully saturated rings. The van der Waals surface area contributed by atoms with Crippen LogP contribution in [0, 0.1) is 5.92 Å². The van der Waals surface area contributed by atoms with Crippen molar-refractivity contribution in [2.75, 3.05) is 18.0 Å². The number of anilines is 1. The highest BCUT2D eigenvalue weighted by Crippen LogP contribution is 2.26. The third-order valence-corrected chi connectivity index (χ3v) is 3.35. The standard InChI is InChI=1S/C15H21NO/c1-12(2)9-11-16-10-5-8-15(17)13-6-3-4-7-14(13)16/h3-4,6-7,12H,5,8-11H2,1-2H3. The summed E-state index contributed by atoms with van der Waals surface area (Å²) < 4.78 is 0. The molecule has 0 radical (unpaired) electrons. The van der Waals surface area contributed by atoms with Crippen molar-refractivity contribution in [1.29, 1.82) is 0 Å².